The summed E-state index contributed by atoms with van der Waals surface area (Å²) in [7, 11) is -0.201. The molecule has 2 rings (SSSR count). The Balaban J connectivity index is 2.05. The molecule has 0 radical (unpaired) electrons. The number of hydrogen-bond acceptors (Lipinski definition) is 3. The Bertz CT molecular complexity index is 399. The molecule has 0 aliphatic carbocycles. The summed E-state index contributed by atoms with van der Waals surface area (Å²) < 4.78 is 14.2. The zero-order valence-electron chi connectivity index (χ0n) is 12.1. The lowest BCUT2D eigenvalue weighted by Crippen LogP contribution is -2.41. The minimum Gasteiger partial charge on any atom is -0.403 e. The monoisotopic (exact) mass is 250 g/mol. The largest absolute Gasteiger partial charge is 0.465 e. The standard InChI is InChI=1S/C13H23BN2O2/c1-6-8-16-9-7-15-11(16)10-14-17-12(2,3)13(4,5)18-14/h7,9H,6,8,10H2,1-5H3. The van der Waals surface area contributed by atoms with Crippen molar-refractivity contribution in [2.75, 3.05) is 0 Å². The topological polar surface area (TPSA) is 36.3 Å². The van der Waals surface area contributed by atoms with E-state index < -0.39 is 0 Å². The number of nitrogens with zero attached hydrogens (tertiary/aromatic N) is 2. The van der Waals surface area contributed by atoms with Crippen LogP contribution >= 0.6 is 0 Å². The molecule has 4 nitrogen and oxygen atoms in total. The third-order valence-corrected chi connectivity index (χ3v) is 3.92. The molecule has 0 spiro atoms. The van der Waals surface area contributed by atoms with Crippen LogP contribution in [0.2, 0.25) is 0 Å². The Morgan fingerprint density at radius 2 is 1.83 bits per heavy atom. The molecule has 0 saturated carbocycles. The van der Waals surface area contributed by atoms with E-state index in [2.05, 4.69) is 44.2 Å². The van der Waals surface area contributed by atoms with E-state index in [1.165, 1.54) is 0 Å². The Labute approximate surface area is 110 Å². The number of imidazole rings is 1. The molecule has 1 aromatic heterocycles. The van der Waals surface area contributed by atoms with Crippen LogP contribution in [-0.4, -0.2) is 27.9 Å². The van der Waals surface area contributed by atoms with Crippen LogP contribution < -0.4 is 0 Å². The van der Waals surface area contributed by atoms with Gasteiger partial charge in [0.15, 0.2) is 0 Å². The summed E-state index contributed by atoms with van der Waals surface area (Å²) in [5.74, 6) is 1.04. The van der Waals surface area contributed by atoms with Crippen molar-refractivity contribution in [1.29, 1.82) is 0 Å². The van der Waals surface area contributed by atoms with Gasteiger partial charge in [0.1, 0.15) is 5.82 Å². The summed E-state index contributed by atoms with van der Waals surface area (Å²) in [6.07, 6.45) is 5.67. The van der Waals surface area contributed by atoms with Gasteiger partial charge in [0.2, 0.25) is 0 Å². The molecule has 0 unspecified atom stereocenters. The summed E-state index contributed by atoms with van der Waals surface area (Å²) in [6, 6.07) is 0. The van der Waals surface area contributed by atoms with Gasteiger partial charge in [0.05, 0.1) is 11.2 Å². The Morgan fingerprint density at radius 3 is 2.39 bits per heavy atom. The molecule has 0 atom stereocenters. The first-order valence-corrected chi connectivity index (χ1v) is 6.71. The maximum Gasteiger partial charge on any atom is 0.465 e. The van der Waals surface area contributed by atoms with E-state index in [0.29, 0.717) is 6.32 Å². The third-order valence-electron chi connectivity index (χ3n) is 3.92. The lowest BCUT2D eigenvalue weighted by molar-refractivity contribution is 0.00578. The lowest BCUT2D eigenvalue weighted by atomic mass is 9.84. The van der Waals surface area contributed by atoms with E-state index in [9.17, 15) is 0 Å². The Kier molecular flexibility index (Phi) is 3.56. The number of hydrogen-bond donors (Lipinski definition) is 0. The van der Waals surface area contributed by atoms with Crippen LogP contribution in [-0.2, 0) is 22.2 Å². The van der Waals surface area contributed by atoms with Crippen molar-refractivity contribution in [3.8, 4) is 0 Å². The highest BCUT2D eigenvalue weighted by Gasteiger charge is 2.51. The van der Waals surface area contributed by atoms with E-state index in [1.807, 2.05) is 12.4 Å². The van der Waals surface area contributed by atoms with Crippen molar-refractivity contribution >= 4 is 7.12 Å². The zero-order chi connectivity index (χ0) is 13.4. The predicted octanol–water partition coefficient (Wildman–Crippen LogP) is 2.47. The van der Waals surface area contributed by atoms with Crippen LogP contribution in [0.1, 0.15) is 46.9 Å². The molecule has 18 heavy (non-hydrogen) atoms. The number of aromatic nitrogens is 2. The molecule has 5 heteroatoms. The lowest BCUT2D eigenvalue weighted by Gasteiger charge is -2.32. The van der Waals surface area contributed by atoms with Gasteiger partial charge < -0.3 is 13.9 Å². The molecular formula is C13H23BN2O2. The summed E-state index contributed by atoms with van der Waals surface area (Å²) >= 11 is 0. The molecule has 0 bridgehead atoms. The van der Waals surface area contributed by atoms with Crippen LogP contribution in [0.4, 0.5) is 0 Å². The maximum absolute atomic E-state index is 5.99. The summed E-state index contributed by atoms with van der Waals surface area (Å²) in [5.41, 5.74) is -0.528. The minimum absolute atomic E-state index is 0.201. The van der Waals surface area contributed by atoms with E-state index >= 15 is 0 Å². The smallest absolute Gasteiger partial charge is 0.403 e. The average Bonchev–Trinajstić information content (AvgIpc) is 2.72. The normalized spacial score (nSPS) is 21.5. The van der Waals surface area contributed by atoms with Gasteiger partial charge in [0.25, 0.3) is 0 Å². The quantitative estimate of drug-likeness (QED) is 0.770. The van der Waals surface area contributed by atoms with Crippen molar-refractivity contribution < 1.29 is 9.31 Å². The van der Waals surface area contributed by atoms with E-state index in [-0.39, 0.29) is 18.3 Å². The minimum atomic E-state index is -0.264. The van der Waals surface area contributed by atoms with Gasteiger partial charge >= 0.3 is 7.12 Å². The van der Waals surface area contributed by atoms with Gasteiger partial charge in [-0.15, -0.1) is 0 Å². The van der Waals surface area contributed by atoms with Gasteiger partial charge in [-0.05, 0) is 34.1 Å². The molecule has 0 amide bonds. The van der Waals surface area contributed by atoms with E-state index in [1.54, 1.807) is 0 Å². The number of rotatable bonds is 4. The van der Waals surface area contributed by atoms with Crippen LogP contribution in [0, 0.1) is 0 Å². The fraction of sp³-hybridized carbons (Fsp3) is 0.769. The van der Waals surface area contributed by atoms with Crippen LogP contribution in [0.5, 0.6) is 0 Å². The van der Waals surface area contributed by atoms with Crippen molar-refractivity contribution in [3.05, 3.63) is 18.2 Å². The third kappa shape index (κ3) is 2.47. The fourth-order valence-corrected chi connectivity index (χ4v) is 2.17. The molecule has 1 aliphatic rings. The second-order valence-electron chi connectivity index (χ2n) is 5.93. The Morgan fingerprint density at radius 1 is 1.22 bits per heavy atom. The van der Waals surface area contributed by atoms with Gasteiger partial charge in [-0.1, -0.05) is 6.92 Å². The summed E-state index contributed by atoms with van der Waals surface area (Å²) in [4.78, 5) is 4.40. The van der Waals surface area contributed by atoms with Gasteiger partial charge in [-0.25, -0.2) is 4.98 Å². The molecule has 1 aromatic rings. The van der Waals surface area contributed by atoms with Crippen LogP contribution in [0.3, 0.4) is 0 Å². The van der Waals surface area contributed by atoms with Gasteiger partial charge in [0, 0.05) is 25.3 Å². The zero-order valence-corrected chi connectivity index (χ0v) is 12.1. The molecule has 1 saturated heterocycles. The van der Waals surface area contributed by atoms with Crippen molar-refractivity contribution in [3.63, 3.8) is 0 Å². The summed E-state index contributed by atoms with van der Waals surface area (Å²) in [5, 5.41) is 0. The molecule has 0 N–H and O–H groups in total. The predicted molar refractivity (Wildman–Crippen MR) is 72.3 cm³/mol. The van der Waals surface area contributed by atoms with Crippen molar-refractivity contribution in [2.45, 2.75) is 65.1 Å². The second kappa shape index (κ2) is 4.70. The van der Waals surface area contributed by atoms with E-state index in [4.69, 9.17) is 9.31 Å². The first-order chi connectivity index (χ1) is 8.36. The first-order valence-electron chi connectivity index (χ1n) is 6.71. The molecule has 0 aromatic carbocycles. The highest BCUT2D eigenvalue weighted by Crippen LogP contribution is 2.37. The second-order valence-corrected chi connectivity index (χ2v) is 5.93. The molecular weight excluding hydrogens is 227 g/mol. The van der Waals surface area contributed by atoms with Gasteiger partial charge in [-0.3, -0.25) is 0 Å². The highest BCUT2D eigenvalue weighted by atomic mass is 16.7. The first kappa shape index (κ1) is 13.6. The fourth-order valence-electron chi connectivity index (χ4n) is 2.17. The van der Waals surface area contributed by atoms with E-state index in [0.717, 1.165) is 18.8 Å². The Hall–Kier alpha value is -0.805. The van der Waals surface area contributed by atoms with Crippen molar-refractivity contribution in [2.24, 2.45) is 0 Å². The highest BCUT2D eigenvalue weighted by molar-refractivity contribution is 6.44. The van der Waals surface area contributed by atoms with Crippen molar-refractivity contribution in [1.82, 2.24) is 9.55 Å². The summed E-state index contributed by atoms with van der Waals surface area (Å²) in [6.45, 7) is 11.5. The van der Waals surface area contributed by atoms with Gasteiger partial charge in [-0.2, -0.15) is 0 Å². The van der Waals surface area contributed by atoms with Crippen LogP contribution in [0.15, 0.2) is 12.4 Å². The molecule has 100 valence electrons. The molecule has 1 aliphatic heterocycles. The average molecular weight is 250 g/mol. The molecule has 2 heterocycles. The molecule has 1 fully saturated rings. The maximum atomic E-state index is 5.99. The number of aryl methyl sites for hydroxylation is 1. The van der Waals surface area contributed by atoms with Crippen LogP contribution in [0.25, 0.3) is 0 Å². The SMILES string of the molecule is CCCn1ccnc1CB1OC(C)(C)C(C)(C)O1.